The average Bonchev–Trinajstić information content (AvgIpc) is 3.15. The van der Waals surface area contributed by atoms with Crippen LogP contribution in [0.25, 0.3) is 22.0 Å². The molecule has 0 saturated heterocycles. The third-order valence-corrected chi connectivity index (χ3v) is 6.15. The zero-order valence-electron chi connectivity index (χ0n) is 15.6. The zero-order chi connectivity index (χ0) is 20.0. The molecule has 0 unspecified atom stereocenters. The van der Waals surface area contributed by atoms with Crippen molar-refractivity contribution in [3.63, 3.8) is 0 Å². The van der Waals surface area contributed by atoms with Gasteiger partial charge in [-0.1, -0.05) is 17.7 Å². The van der Waals surface area contributed by atoms with Gasteiger partial charge < -0.3 is 4.90 Å². The minimum atomic E-state index is -0.386. The van der Waals surface area contributed by atoms with Crippen LogP contribution >= 0.6 is 23.4 Å². The molecule has 7 heteroatoms. The lowest BCUT2D eigenvalue weighted by Gasteiger charge is -2.20. The molecule has 144 valence electrons. The summed E-state index contributed by atoms with van der Waals surface area (Å²) in [5.41, 5.74) is 4.78. The summed E-state index contributed by atoms with van der Waals surface area (Å²) in [6, 6.07) is 11.5. The second kappa shape index (κ2) is 7.28. The van der Waals surface area contributed by atoms with Crippen LogP contribution in [-0.2, 0) is 6.42 Å². The molecule has 0 bridgehead atoms. The molecule has 0 N–H and O–H groups in total. The van der Waals surface area contributed by atoms with Gasteiger partial charge in [-0.15, -0.1) is 11.8 Å². The van der Waals surface area contributed by atoms with Gasteiger partial charge >= 0.3 is 0 Å². The second-order valence-electron chi connectivity index (χ2n) is 6.84. The molecule has 5 rings (SSSR count). The molecule has 0 fully saturated rings. The van der Waals surface area contributed by atoms with Crippen molar-refractivity contribution in [1.82, 2.24) is 15.0 Å². The van der Waals surface area contributed by atoms with E-state index in [2.05, 4.69) is 32.0 Å². The Morgan fingerprint density at radius 3 is 2.83 bits per heavy atom. The minimum Gasteiger partial charge on any atom is -0.325 e. The first-order valence-electron chi connectivity index (χ1n) is 9.13. The Kier molecular flexibility index (Phi) is 4.60. The van der Waals surface area contributed by atoms with Crippen LogP contribution in [0.1, 0.15) is 5.56 Å². The van der Waals surface area contributed by atoms with Crippen LogP contribution in [0.5, 0.6) is 0 Å². The third kappa shape index (κ3) is 3.22. The van der Waals surface area contributed by atoms with Crippen molar-refractivity contribution in [3.8, 4) is 11.1 Å². The first kappa shape index (κ1) is 18.3. The fraction of sp³-hybridized carbons (Fsp3) is 0.136. The van der Waals surface area contributed by atoms with E-state index < -0.39 is 0 Å². The summed E-state index contributed by atoms with van der Waals surface area (Å²) in [7, 11) is 0. The summed E-state index contributed by atoms with van der Waals surface area (Å²) in [4.78, 5) is 16.5. The van der Waals surface area contributed by atoms with Crippen LogP contribution in [0.3, 0.4) is 0 Å². The number of hydrogen-bond acceptors (Lipinski definition) is 5. The van der Waals surface area contributed by atoms with Gasteiger partial charge in [0.2, 0.25) is 0 Å². The summed E-state index contributed by atoms with van der Waals surface area (Å²) < 4.78 is 13.9. The highest BCUT2D eigenvalue weighted by Crippen LogP contribution is 2.39. The molecular formula is C22H16ClFN4S. The monoisotopic (exact) mass is 422 g/mol. The Morgan fingerprint density at radius 2 is 1.97 bits per heavy atom. The van der Waals surface area contributed by atoms with Crippen LogP contribution in [0.15, 0.2) is 60.0 Å². The first-order valence-corrected chi connectivity index (χ1v) is 10.7. The van der Waals surface area contributed by atoms with Crippen molar-refractivity contribution in [2.24, 2.45) is 0 Å². The van der Waals surface area contributed by atoms with Gasteiger partial charge in [0, 0.05) is 40.5 Å². The van der Waals surface area contributed by atoms with Gasteiger partial charge in [-0.25, -0.2) is 14.4 Å². The van der Waals surface area contributed by atoms with Gasteiger partial charge in [-0.3, -0.25) is 4.98 Å². The number of rotatable bonds is 3. The molecule has 0 amide bonds. The summed E-state index contributed by atoms with van der Waals surface area (Å²) in [5.74, 6) is 0.413. The molecule has 2 aromatic heterocycles. The van der Waals surface area contributed by atoms with Crippen LogP contribution in [0, 0.1) is 5.82 Å². The van der Waals surface area contributed by atoms with Crippen molar-refractivity contribution in [3.05, 3.63) is 71.5 Å². The van der Waals surface area contributed by atoms with Crippen LogP contribution < -0.4 is 4.90 Å². The molecule has 0 atom stereocenters. The van der Waals surface area contributed by atoms with Gasteiger partial charge in [-0.05, 0) is 54.1 Å². The molecule has 0 saturated carbocycles. The predicted molar refractivity (Wildman–Crippen MR) is 117 cm³/mol. The zero-order valence-corrected chi connectivity index (χ0v) is 17.1. The molecule has 0 radical (unpaired) electrons. The fourth-order valence-electron chi connectivity index (χ4n) is 3.73. The second-order valence-corrected chi connectivity index (χ2v) is 8.13. The third-order valence-electron chi connectivity index (χ3n) is 5.17. The van der Waals surface area contributed by atoms with E-state index in [1.165, 1.54) is 6.07 Å². The summed E-state index contributed by atoms with van der Waals surface area (Å²) in [6.07, 6.45) is 8.06. The highest BCUT2D eigenvalue weighted by molar-refractivity contribution is 7.98. The maximum absolute atomic E-state index is 13.9. The number of anilines is 2. The number of aromatic nitrogens is 3. The number of nitrogens with zero attached hydrogens (tertiary/aromatic N) is 4. The quantitative estimate of drug-likeness (QED) is 0.384. The number of thioether (sulfide) groups is 1. The standard InChI is InChI=1S/C22H16ClFN4S/c1-29-16-6-15(10-25-11-16)13-2-3-20-17(7-13)22(27-12-26-20)28-5-4-14-8-19(24)18(23)9-21(14)28/h2-3,6-12H,4-5H2,1H3. The summed E-state index contributed by atoms with van der Waals surface area (Å²) in [5, 5.41) is 1.06. The maximum Gasteiger partial charge on any atom is 0.144 e. The van der Waals surface area contributed by atoms with Crippen LogP contribution in [0.4, 0.5) is 15.9 Å². The van der Waals surface area contributed by atoms with Crippen LogP contribution in [0.2, 0.25) is 5.02 Å². The molecule has 2 aromatic carbocycles. The summed E-state index contributed by atoms with van der Waals surface area (Å²) >= 11 is 7.71. The number of hydrogen-bond donors (Lipinski definition) is 0. The van der Waals surface area contributed by atoms with Gasteiger partial charge in [-0.2, -0.15) is 0 Å². The molecule has 4 nitrogen and oxygen atoms in total. The van der Waals surface area contributed by atoms with Gasteiger partial charge in [0.15, 0.2) is 0 Å². The molecule has 3 heterocycles. The Hall–Kier alpha value is -2.70. The Bertz CT molecular complexity index is 1250. The first-order chi connectivity index (χ1) is 14.1. The van der Waals surface area contributed by atoms with Crippen LogP contribution in [-0.4, -0.2) is 27.8 Å². The smallest absolute Gasteiger partial charge is 0.144 e. The van der Waals surface area contributed by atoms with E-state index in [0.29, 0.717) is 0 Å². The lowest BCUT2D eigenvalue weighted by Crippen LogP contribution is -2.15. The van der Waals surface area contributed by atoms with E-state index in [-0.39, 0.29) is 10.8 Å². The highest BCUT2D eigenvalue weighted by Gasteiger charge is 2.25. The number of pyridine rings is 1. The van der Waals surface area contributed by atoms with Crippen molar-refractivity contribution in [1.29, 1.82) is 0 Å². The molecular weight excluding hydrogens is 407 g/mol. The highest BCUT2D eigenvalue weighted by atomic mass is 35.5. The van der Waals surface area contributed by atoms with E-state index >= 15 is 0 Å². The Labute approximate surface area is 176 Å². The SMILES string of the molecule is CSc1cncc(-c2ccc3ncnc(N4CCc5cc(F)c(Cl)cc54)c3c2)c1. The van der Waals surface area contributed by atoms with E-state index in [9.17, 15) is 4.39 Å². The molecule has 1 aliphatic heterocycles. The lowest BCUT2D eigenvalue weighted by molar-refractivity contribution is 0.627. The number of fused-ring (bicyclic) bond motifs is 2. The molecule has 4 aromatic rings. The Morgan fingerprint density at radius 1 is 1.07 bits per heavy atom. The van der Waals surface area contributed by atoms with E-state index in [0.717, 1.165) is 57.0 Å². The van der Waals surface area contributed by atoms with Crippen molar-refractivity contribution < 1.29 is 4.39 Å². The average molecular weight is 423 g/mol. The van der Waals surface area contributed by atoms with E-state index in [4.69, 9.17) is 11.6 Å². The fourth-order valence-corrected chi connectivity index (χ4v) is 4.30. The molecule has 1 aliphatic rings. The minimum absolute atomic E-state index is 0.120. The van der Waals surface area contributed by atoms with Gasteiger partial charge in [0.05, 0.1) is 10.5 Å². The molecule has 0 spiro atoms. The maximum atomic E-state index is 13.9. The van der Waals surface area contributed by atoms with Crippen molar-refractivity contribution in [2.75, 3.05) is 17.7 Å². The Balaban J connectivity index is 1.65. The van der Waals surface area contributed by atoms with Crippen molar-refractivity contribution >= 4 is 45.8 Å². The van der Waals surface area contributed by atoms with Gasteiger partial charge in [0.25, 0.3) is 0 Å². The normalized spacial score (nSPS) is 13.1. The van der Waals surface area contributed by atoms with E-state index in [1.807, 2.05) is 30.8 Å². The molecule has 0 aliphatic carbocycles. The number of benzene rings is 2. The van der Waals surface area contributed by atoms with E-state index in [1.54, 1.807) is 24.2 Å². The largest absolute Gasteiger partial charge is 0.325 e. The van der Waals surface area contributed by atoms with Gasteiger partial charge in [0.1, 0.15) is 18.0 Å². The predicted octanol–water partition coefficient (Wildman–Crippen LogP) is 5.90. The summed E-state index contributed by atoms with van der Waals surface area (Å²) in [6.45, 7) is 0.717. The topological polar surface area (TPSA) is 41.9 Å². The lowest BCUT2D eigenvalue weighted by atomic mass is 10.0. The molecule has 29 heavy (non-hydrogen) atoms. The number of halogens is 2. The van der Waals surface area contributed by atoms with Crippen molar-refractivity contribution in [2.45, 2.75) is 11.3 Å².